The number of benzene rings is 1. The van der Waals surface area contributed by atoms with Gasteiger partial charge in [-0.25, -0.2) is 9.79 Å². The van der Waals surface area contributed by atoms with Crippen molar-refractivity contribution in [3.05, 3.63) is 81.2 Å². The van der Waals surface area contributed by atoms with E-state index in [0.717, 1.165) is 16.2 Å². The second kappa shape index (κ2) is 9.84. The average Bonchev–Trinajstić information content (AvgIpc) is 3.46. The molecule has 12 heteroatoms. The summed E-state index contributed by atoms with van der Waals surface area (Å²) in [6.07, 6.45) is 1.43. The number of hydrogen-bond donors (Lipinski definition) is 0. The molecule has 4 rings (SSSR count). The number of nitro benzene ring substituents is 1. The van der Waals surface area contributed by atoms with E-state index in [0.29, 0.717) is 10.5 Å². The normalized spacial score (nSPS) is 15.4. The van der Waals surface area contributed by atoms with E-state index in [1.54, 1.807) is 13.8 Å². The van der Waals surface area contributed by atoms with E-state index in [-0.39, 0.29) is 39.5 Å². The number of methoxy groups -OCH3 is 2. The van der Waals surface area contributed by atoms with E-state index in [1.807, 2.05) is 17.5 Å². The zero-order chi connectivity index (χ0) is 25.3. The Balaban J connectivity index is 1.97. The maximum atomic E-state index is 13.6. The lowest BCUT2D eigenvalue weighted by Gasteiger charge is -2.23. The summed E-state index contributed by atoms with van der Waals surface area (Å²) in [5.41, 5.74) is 0.237. The third-order valence-electron chi connectivity index (χ3n) is 5.35. The fourth-order valence-corrected chi connectivity index (χ4v) is 5.67. The maximum Gasteiger partial charge on any atom is 0.338 e. The van der Waals surface area contributed by atoms with Crippen molar-refractivity contribution < 1.29 is 23.9 Å². The minimum absolute atomic E-state index is 0.173. The molecule has 0 N–H and O–H groups in total. The van der Waals surface area contributed by atoms with Gasteiger partial charge in [-0.2, -0.15) is 0 Å². The van der Waals surface area contributed by atoms with E-state index < -0.39 is 22.5 Å². The van der Waals surface area contributed by atoms with Gasteiger partial charge in [-0.05, 0) is 37.4 Å². The molecule has 3 aromatic rings. The number of ether oxygens (including phenoxy) is 3. The van der Waals surface area contributed by atoms with Crippen molar-refractivity contribution in [1.82, 2.24) is 4.57 Å². The predicted octanol–water partition coefficient (Wildman–Crippen LogP) is 2.79. The van der Waals surface area contributed by atoms with E-state index in [2.05, 4.69) is 4.99 Å². The number of thiazole rings is 1. The Bertz CT molecular complexity index is 1520. The molecule has 1 aliphatic rings. The van der Waals surface area contributed by atoms with Crippen molar-refractivity contribution >= 4 is 40.4 Å². The second-order valence-corrected chi connectivity index (χ2v) is 9.33. The number of fused-ring (bicyclic) bond motifs is 1. The van der Waals surface area contributed by atoms with Gasteiger partial charge >= 0.3 is 5.97 Å². The van der Waals surface area contributed by atoms with Gasteiger partial charge in [-0.1, -0.05) is 17.4 Å². The number of thiophene rings is 1. The molecular formula is C23H21N3O7S2. The van der Waals surface area contributed by atoms with Gasteiger partial charge in [0.25, 0.3) is 11.2 Å². The molecule has 10 nitrogen and oxygen atoms in total. The van der Waals surface area contributed by atoms with Crippen molar-refractivity contribution in [2.24, 2.45) is 4.99 Å². The molecular weight excluding hydrogens is 494 g/mol. The number of carbonyl (C=O) groups is 1. The highest BCUT2D eigenvalue weighted by molar-refractivity contribution is 7.10. The van der Waals surface area contributed by atoms with Crippen LogP contribution in [0.15, 0.2) is 50.7 Å². The fraction of sp³-hybridized carbons (Fsp3) is 0.261. The smallest absolute Gasteiger partial charge is 0.338 e. The van der Waals surface area contributed by atoms with Gasteiger partial charge < -0.3 is 14.2 Å². The van der Waals surface area contributed by atoms with E-state index >= 15 is 0 Å². The molecule has 2 aromatic heterocycles. The van der Waals surface area contributed by atoms with Crippen molar-refractivity contribution in [2.75, 3.05) is 20.8 Å². The number of nitro groups is 1. The third-order valence-corrected chi connectivity index (χ3v) is 7.25. The monoisotopic (exact) mass is 515 g/mol. The number of allylic oxidation sites excluding steroid dienone is 1. The molecule has 0 aliphatic carbocycles. The van der Waals surface area contributed by atoms with Crippen molar-refractivity contribution in [3.63, 3.8) is 0 Å². The Hall–Kier alpha value is -3.77. The van der Waals surface area contributed by atoms with Crippen molar-refractivity contribution in [3.8, 4) is 11.5 Å². The van der Waals surface area contributed by atoms with Crippen LogP contribution in [-0.2, 0) is 9.53 Å². The number of carbonyl (C=O) groups excluding carboxylic acids is 1. The Morgan fingerprint density at radius 3 is 2.60 bits per heavy atom. The first-order chi connectivity index (χ1) is 16.8. The van der Waals surface area contributed by atoms with Crippen LogP contribution in [0.25, 0.3) is 6.08 Å². The molecule has 0 spiro atoms. The van der Waals surface area contributed by atoms with Crippen LogP contribution in [0.5, 0.6) is 11.5 Å². The maximum absolute atomic E-state index is 13.6. The summed E-state index contributed by atoms with van der Waals surface area (Å²) in [5, 5.41) is 13.6. The Kier molecular flexibility index (Phi) is 6.85. The molecule has 0 bridgehead atoms. The van der Waals surface area contributed by atoms with Crippen LogP contribution >= 0.6 is 22.7 Å². The highest BCUT2D eigenvalue weighted by Gasteiger charge is 2.34. The van der Waals surface area contributed by atoms with Crippen LogP contribution in [0.4, 0.5) is 5.69 Å². The molecule has 0 radical (unpaired) electrons. The summed E-state index contributed by atoms with van der Waals surface area (Å²) >= 11 is 2.49. The average molecular weight is 516 g/mol. The molecule has 0 saturated carbocycles. The van der Waals surface area contributed by atoms with Gasteiger partial charge in [-0.3, -0.25) is 19.5 Å². The van der Waals surface area contributed by atoms with E-state index in [9.17, 15) is 19.7 Å². The second-order valence-electron chi connectivity index (χ2n) is 7.34. The van der Waals surface area contributed by atoms with Crippen LogP contribution in [0.3, 0.4) is 0 Å². The van der Waals surface area contributed by atoms with Crippen molar-refractivity contribution in [2.45, 2.75) is 19.9 Å². The SMILES string of the molecule is CCOC(=O)C1=C(C)N=c2s/c(=C\c3cc(OC)c(OC)cc3[N+](=O)[O-])c(=O)n2C1c1cccs1. The van der Waals surface area contributed by atoms with Crippen molar-refractivity contribution in [1.29, 1.82) is 0 Å². The minimum atomic E-state index is -0.715. The van der Waals surface area contributed by atoms with E-state index in [1.165, 1.54) is 48.3 Å². The molecule has 0 fully saturated rings. The molecule has 1 atom stereocenters. The van der Waals surface area contributed by atoms with Gasteiger partial charge in [-0.15, -0.1) is 11.3 Å². The van der Waals surface area contributed by atoms with Gasteiger partial charge in [0, 0.05) is 4.88 Å². The van der Waals surface area contributed by atoms with Crippen LogP contribution in [0.1, 0.15) is 30.3 Å². The van der Waals surface area contributed by atoms with Crippen LogP contribution < -0.4 is 24.4 Å². The highest BCUT2D eigenvalue weighted by atomic mass is 32.1. The minimum Gasteiger partial charge on any atom is -0.493 e. The standard InChI is InChI=1S/C23H21N3O7S2/c1-5-33-22(28)19-12(2)24-23-25(20(19)17-7-6-8-34-17)21(27)18(35-23)10-13-9-15(31-3)16(32-4)11-14(13)26(29)30/h6-11,20H,5H2,1-4H3/b18-10-. The molecule has 1 unspecified atom stereocenters. The number of nitrogens with zero attached hydrogens (tertiary/aromatic N) is 3. The van der Waals surface area contributed by atoms with Crippen LogP contribution in [-0.4, -0.2) is 36.3 Å². The Morgan fingerprint density at radius 1 is 1.29 bits per heavy atom. The lowest BCUT2D eigenvalue weighted by molar-refractivity contribution is -0.385. The first-order valence-electron chi connectivity index (χ1n) is 10.4. The van der Waals surface area contributed by atoms with Crippen LogP contribution in [0.2, 0.25) is 0 Å². The van der Waals surface area contributed by atoms with E-state index in [4.69, 9.17) is 14.2 Å². The third kappa shape index (κ3) is 4.37. The summed E-state index contributed by atoms with van der Waals surface area (Å²) in [7, 11) is 2.80. The topological polar surface area (TPSA) is 122 Å². The summed E-state index contributed by atoms with van der Waals surface area (Å²) < 4.78 is 17.4. The Labute approximate surface area is 207 Å². The predicted molar refractivity (Wildman–Crippen MR) is 131 cm³/mol. The van der Waals surface area contributed by atoms with Gasteiger partial charge in [0.15, 0.2) is 16.3 Å². The number of rotatable bonds is 7. The summed E-state index contributed by atoms with van der Waals surface area (Å²) in [6.45, 7) is 3.59. The number of aromatic nitrogens is 1. The Morgan fingerprint density at radius 2 is 2.00 bits per heavy atom. The highest BCUT2D eigenvalue weighted by Crippen LogP contribution is 2.35. The molecule has 35 heavy (non-hydrogen) atoms. The zero-order valence-electron chi connectivity index (χ0n) is 19.3. The molecule has 0 saturated heterocycles. The molecule has 1 aromatic carbocycles. The quantitative estimate of drug-likeness (QED) is 0.269. The van der Waals surface area contributed by atoms with Gasteiger partial charge in [0.05, 0.1) is 53.2 Å². The first kappa shape index (κ1) is 24.4. The van der Waals surface area contributed by atoms with Crippen LogP contribution in [0, 0.1) is 10.1 Å². The summed E-state index contributed by atoms with van der Waals surface area (Å²) in [5.74, 6) is -0.0591. The largest absolute Gasteiger partial charge is 0.493 e. The molecule has 3 heterocycles. The lowest BCUT2D eigenvalue weighted by atomic mass is 10.0. The summed E-state index contributed by atoms with van der Waals surface area (Å²) in [6, 6.07) is 5.65. The molecule has 0 amide bonds. The zero-order valence-corrected chi connectivity index (χ0v) is 20.9. The first-order valence-corrected chi connectivity index (χ1v) is 12.1. The fourth-order valence-electron chi connectivity index (χ4n) is 3.81. The van der Waals surface area contributed by atoms with Gasteiger partial charge in [0.2, 0.25) is 0 Å². The number of esters is 1. The number of hydrogen-bond acceptors (Lipinski definition) is 10. The molecule has 1 aliphatic heterocycles. The summed E-state index contributed by atoms with van der Waals surface area (Å²) in [4.78, 5) is 43.3. The van der Waals surface area contributed by atoms with Gasteiger partial charge in [0.1, 0.15) is 6.04 Å². The molecule has 182 valence electrons. The lowest BCUT2D eigenvalue weighted by Crippen LogP contribution is -2.39.